The van der Waals surface area contributed by atoms with Gasteiger partial charge in [0.15, 0.2) is 23.1 Å². The van der Waals surface area contributed by atoms with Crippen molar-refractivity contribution in [2.45, 2.75) is 6.10 Å². The van der Waals surface area contributed by atoms with Crippen LogP contribution >= 0.6 is 11.7 Å². The van der Waals surface area contributed by atoms with E-state index >= 15 is 0 Å². The predicted octanol–water partition coefficient (Wildman–Crippen LogP) is 2.64. The molecule has 1 unspecified atom stereocenters. The molecule has 150 valence electrons. The second kappa shape index (κ2) is 8.22. The van der Waals surface area contributed by atoms with Crippen molar-refractivity contribution in [3.63, 3.8) is 0 Å². The summed E-state index contributed by atoms with van der Waals surface area (Å²) in [6, 6.07) is 11.7. The summed E-state index contributed by atoms with van der Waals surface area (Å²) >= 11 is 1.23. The van der Waals surface area contributed by atoms with Crippen molar-refractivity contribution in [3.05, 3.63) is 48.8 Å². The van der Waals surface area contributed by atoms with Crippen LogP contribution in [0.1, 0.15) is 0 Å². The number of pyridine rings is 1. The first-order valence-corrected chi connectivity index (χ1v) is 10.4. The number of nitrogens with zero attached hydrogens (tertiary/aromatic N) is 5. The van der Waals surface area contributed by atoms with E-state index in [-0.39, 0.29) is 6.10 Å². The number of ether oxygens (including phenoxy) is 2. The molecule has 1 saturated heterocycles. The van der Waals surface area contributed by atoms with Crippen LogP contribution in [-0.2, 0) is 0 Å². The van der Waals surface area contributed by atoms with Gasteiger partial charge in [-0.2, -0.15) is 8.75 Å². The van der Waals surface area contributed by atoms with Crippen LogP contribution in [0.2, 0.25) is 0 Å². The van der Waals surface area contributed by atoms with Crippen molar-refractivity contribution < 1.29 is 9.47 Å². The summed E-state index contributed by atoms with van der Waals surface area (Å²) in [6.07, 6.45) is 3.58. The quantitative estimate of drug-likeness (QED) is 0.688. The second-order valence-corrected chi connectivity index (χ2v) is 7.61. The van der Waals surface area contributed by atoms with Gasteiger partial charge in [-0.1, -0.05) is 12.1 Å². The third kappa shape index (κ3) is 4.10. The molecular weight excluding hydrogens is 388 g/mol. The van der Waals surface area contributed by atoms with Crippen LogP contribution in [-0.4, -0.2) is 64.1 Å². The molecule has 2 aliphatic heterocycles. The van der Waals surface area contributed by atoms with Crippen LogP contribution in [0, 0.1) is 0 Å². The Balaban J connectivity index is 1.16. The average molecular weight is 411 g/mol. The summed E-state index contributed by atoms with van der Waals surface area (Å²) in [5.74, 6) is 3.38. The van der Waals surface area contributed by atoms with Crippen LogP contribution in [0.5, 0.6) is 11.5 Å². The molecule has 0 aliphatic carbocycles. The Labute approximate surface area is 173 Å². The molecule has 0 saturated carbocycles. The predicted molar refractivity (Wildman–Crippen MR) is 112 cm³/mol. The summed E-state index contributed by atoms with van der Waals surface area (Å²) in [7, 11) is 0. The number of nitrogens with one attached hydrogen (secondary N) is 1. The zero-order valence-electron chi connectivity index (χ0n) is 15.9. The summed E-state index contributed by atoms with van der Waals surface area (Å²) < 4.78 is 20.9. The van der Waals surface area contributed by atoms with Crippen molar-refractivity contribution in [1.82, 2.24) is 18.6 Å². The van der Waals surface area contributed by atoms with Gasteiger partial charge in [0, 0.05) is 50.8 Å². The molecule has 29 heavy (non-hydrogen) atoms. The second-order valence-electron chi connectivity index (χ2n) is 7.08. The van der Waals surface area contributed by atoms with Crippen molar-refractivity contribution in [2.24, 2.45) is 0 Å². The number of rotatable bonds is 5. The lowest BCUT2D eigenvalue weighted by Gasteiger charge is -2.37. The fourth-order valence-electron chi connectivity index (χ4n) is 3.63. The molecule has 5 rings (SSSR count). The van der Waals surface area contributed by atoms with Gasteiger partial charge >= 0.3 is 0 Å². The number of hydrogen-bond acceptors (Lipinski definition) is 9. The summed E-state index contributed by atoms with van der Waals surface area (Å²) in [4.78, 5) is 8.76. The minimum Gasteiger partial charge on any atom is -0.486 e. The molecule has 1 aromatic carbocycles. The van der Waals surface area contributed by atoms with Crippen molar-refractivity contribution in [2.75, 3.05) is 49.5 Å². The highest BCUT2D eigenvalue weighted by Crippen LogP contribution is 2.31. The van der Waals surface area contributed by atoms with Gasteiger partial charge in [0.1, 0.15) is 12.7 Å². The Kier molecular flexibility index (Phi) is 5.14. The Hall–Kier alpha value is -2.91. The maximum Gasteiger partial charge on any atom is 0.188 e. The van der Waals surface area contributed by atoms with Gasteiger partial charge in [-0.15, -0.1) is 0 Å². The Bertz CT molecular complexity index is 945. The molecule has 4 heterocycles. The third-order valence-electron chi connectivity index (χ3n) is 5.12. The fourth-order valence-corrected chi connectivity index (χ4v) is 4.15. The van der Waals surface area contributed by atoms with Gasteiger partial charge in [0.05, 0.1) is 11.7 Å². The molecule has 1 fully saturated rings. The van der Waals surface area contributed by atoms with Gasteiger partial charge in [-0.05, 0) is 24.3 Å². The molecule has 0 spiro atoms. The monoisotopic (exact) mass is 410 g/mol. The number of benzene rings is 1. The number of piperazine rings is 1. The van der Waals surface area contributed by atoms with Crippen LogP contribution in [0.15, 0.2) is 48.8 Å². The van der Waals surface area contributed by atoms with E-state index in [9.17, 15) is 0 Å². The van der Waals surface area contributed by atoms with Crippen molar-refractivity contribution in [1.29, 1.82) is 0 Å². The zero-order valence-corrected chi connectivity index (χ0v) is 16.7. The Morgan fingerprint density at radius 2 is 1.79 bits per heavy atom. The van der Waals surface area contributed by atoms with E-state index in [2.05, 4.69) is 28.8 Å². The molecule has 1 N–H and O–H groups in total. The van der Waals surface area contributed by atoms with E-state index in [0.717, 1.165) is 61.5 Å². The lowest BCUT2D eigenvalue weighted by Crippen LogP contribution is -2.50. The molecule has 9 heteroatoms. The van der Waals surface area contributed by atoms with Gasteiger partial charge in [0.2, 0.25) is 0 Å². The lowest BCUT2D eigenvalue weighted by atomic mass is 10.2. The standard InChI is InChI=1S/C20H22N6O2S/c1-2-4-18-17(3-1)27-14-16(28-18)13-25-9-11-26(12-10-25)20-19(23-29-24-20)22-15-5-7-21-8-6-15/h1-8,16H,9-14H2,(H,21,22,23). The largest absolute Gasteiger partial charge is 0.486 e. The molecular formula is C20H22N6O2S. The van der Waals surface area contributed by atoms with Crippen molar-refractivity contribution >= 4 is 29.1 Å². The smallest absolute Gasteiger partial charge is 0.188 e. The number of para-hydroxylation sites is 2. The number of aromatic nitrogens is 3. The first-order valence-electron chi connectivity index (χ1n) is 9.70. The van der Waals surface area contributed by atoms with Crippen LogP contribution in [0.3, 0.4) is 0 Å². The highest BCUT2D eigenvalue weighted by molar-refractivity contribution is 6.99. The van der Waals surface area contributed by atoms with Crippen LogP contribution in [0.4, 0.5) is 17.3 Å². The fraction of sp³-hybridized carbons (Fsp3) is 0.350. The highest BCUT2D eigenvalue weighted by Gasteiger charge is 2.27. The van der Waals surface area contributed by atoms with E-state index in [4.69, 9.17) is 9.47 Å². The molecule has 1 atom stereocenters. The number of hydrogen-bond donors (Lipinski definition) is 1. The van der Waals surface area contributed by atoms with E-state index < -0.39 is 0 Å². The van der Waals surface area contributed by atoms with Crippen LogP contribution in [0.25, 0.3) is 0 Å². The van der Waals surface area contributed by atoms with Crippen molar-refractivity contribution in [3.8, 4) is 11.5 Å². The molecule has 0 radical (unpaired) electrons. The Morgan fingerprint density at radius 3 is 2.62 bits per heavy atom. The lowest BCUT2D eigenvalue weighted by molar-refractivity contribution is 0.0571. The minimum atomic E-state index is 0.0568. The topological polar surface area (TPSA) is 75.6 Å². The maximum atomic E-state index is 6.10. The average Bonchev–Trinajstić information content (AvgIpc) is 3.23. The molecule has 0 bridgehead atoms. The first kappa shape index (κ1) is 18.1. The van der Waals surface area contributed by atoms with Gasteiger partial charge in [-0.25, -0.2) is 0 Å². The summed E-state index contributed by atoms with van der Waals surface area (Å²) in [5.41, 5.74) is 0.960. The number of anilines is 3. The molecule has 2 aliphatic rings. The molecule has 0 amide bonds. The molecule has 3 aromatic rings. The van der Waals surface area contributed by atoms with E-state index in [1.807, 2.05) is 36.4 Å². The normalized spacial score (nSPS) is 19.2. The maximum absolute atomic E-state index is 6.10. The van der Waals surface area contributed by atoms with E-state index in [1.165, 1.54) is 11.7 Å². The molecule has 2 aromatic heterocycles. The summed E-state index contributed by atoms with van der Waals surface area (Å²) in [6.45, 7) is 5.16. The third-order valence-corrected chi connectivity index (χ3v) is 5.63. The highest BCUT2D eigenvalue weighted by atomic mass is 32.1. The van der Waals surface area contributed by atoms with E-state index in [0.29, 0.717) is 6.61 Å². The van der Waals surface area contributed by atoms with Crippen LogP contribution < -0.4 is 19.7 Å². The molecule has 8 nitrogen and oxygen atoms in total. The zero-order chi connectivity index (χ0) is 19.5. The Morgan fingerprint density at radius 1 is 1.00 bits per heavy atom. The number of fused-ring (bicyclic) bond motifs is 1. The van der Waals surface area contributed by atoms with Gasteiger partial charge in [-0.3, -0.25) is 9.88 Å². The minimum absolute atomic E-state index is 0.0568. The van der Waals surface area contributed by atoms with Gasteiger partial charge < -0.3 is 19.7 Å². The SMILES string of the molecule is c1ccc2c(c1)OCC(CN1CCN(c3nsnc3Nc3ccncc3)CC1)O2. The van der Waals surface area contributed by atoms with Gasteiger partial charge in [0.25, 0.3) is 0 Å². The summed E-state index contributed by atoms with van der Waals surface area (Å²) in [5, 5.41) is 3.34. The van der Waals surface area contributed by atoms with E-state index in [1.54, 1.807) is 12.4 Å². The first-order chi connectivity index (χ1) is 14.3.